The minimum absolute atomic E-state index is 0.0263. The van der Waals surface area contributed by atoms with E-state index < -0.39 is 0 Å². The van der Waals surface area contributed by atoms with Gasteiger partial charge in [0.15, 0.2) is 0 Å². The van der Waals surface area contributed by atoms with Crippen molar-refractivity contribution in [1.82, 2.24) is 15.1 Å². The molecule has 2 rings (SSSR count). The summed E-state index contributed by atoms with van der Waals surface area (Å²) < 4.78 is 1.84. The fourth-order valence-electron chi connectivity index (χ4n) is 2.60. The Balaban J connectivity index is 2.08. The Labute approximate surface area is 147 Å². The highest BCUT2D eigenvalue weighted by Gasteiger charge is 2.16. The van der Waals surface area contributed by atoms with Crippen LogP contribution in [0, 0.1) is 19.8 Å². The second-order valence-electron chi connectivity index (χ2n) is 6.14. The third kappa shape index (κ3) is 4.58. The van der Waals surface area contributed by atoms with Crippen LogP contribution in [0.4, 0.5) is 0 Å². The molecule has 2 N–H and O–H groups in total. The number of aryl methyl sites for hydroxylation is 1. The number of aliphatic hydroxyl groups is 1. The zero-order valence-electron chi connectivity index (χ0n) is 14.3. The largest absolute Gasteiger partial charge is 0.396 e. The molecule has 1 aromatic heterocycles. The Morgan fingerprint density at radius 3 is 2.62 bits per heavy atom. The Hall–Kier alpha value is -1.85. The maximum atomic E-state index is 12.2. The first-order valence-corrected chi connectivity index (χ1v) is 8.48. The van der Waals surface area contributed by atoms with Crippen LogP contribution in [0.25, 0.3) is 5.69 Å². The molecule has 6 heteroatoms. The highest BCUT2D eigenvalue weighted by Crippen LogP contribution is 2.20. The van der Waals surface area contributed by atoms with Gasteiger partial charge in [0.1, 0.15) is 0 Å². The van der Waals surface area contributed by atoms with E-state index in [0.29, 0.717) is 24.4 Å². The monoisotopic (exact) mass is 349 g/mol. The first kappa shape index (κ1) is 18.5. The predicted molar refractivity (Wildman–Crippen MR) is 95.6 cm³/mol. The van der Waals surface area contributed by atoms with Crippen LogP contribution in [0.1, 0.15) is 30.3 Å². The number of carbonyl (C=O) groups excluding carboxylic acids is 1. The first-order chi connectivity index (χ1) is 11.4. The van der Waals surface area contributed by atoms with Gasteiger partial charge in [0, 0.05) is 29.4 Å². The van der Waals surface area contributed by atoms with E-state index in [-0.39, 0.29) is 18.4 Å². The summed E-state index contributed by atoms with van der Waals surface area (Å²) in [6.45, 7) is 6.60. The Kier molecular flexibility index (Phi) is 6.40. The SMILES string of the molecule is Cc1nn(-c2ccc(Cl)cc2)c(C)c1CC(=O)NCC(C)CCO. The summed E-state index contributed by atoms with van der Waals surface area (Å²) in [4.78, 5) is 12.2. The average molecular weight is 350 g/mol. The number of nitrogens with zero attached hydrogens (tertiary/aromatic N) is 2. The summed E-state index contributed by atoms with van der Waals surface area (Å²) in [7, 11) is 0. The number of carbonyl (C=O) groups is 1. The van der Waals surface area contributed by atoms with Gasteiger partial charge in [-0.3, -0.25) is 4.79 Å². The molecule has 2 aromatic rings. The molecule has 0 fully saturated rings. The molecule has 1 aromatic carbocycles. The summed E-state index contributed by atoms with van der Waals surface area (Å²) >= 11 is 5.93. The fraction of sp³-hybridized carbons (Fsp3) is 0.444. The molecule has 0 aliphatic heterocycles. The van der Waals surface area contributed by atoms with Crippen molar-refractivity contribution < 1.29 is 9.90 Å². The van der Waals surface area contributed by atoms with Crippen LogP contribution in [0.15, 0.2) is 24.3 Å². The number of hydrogen-bond donors (Lipinski definition) is 2. The van der Waals surface area contributed by atoms with Crippen molar-refractivity contribution in [3.8, 4) is 5.69 Å². The van der Waals surface area contributed by atoms with Crippen LogP contribution in [0.3, 0.4) is 0 Å². The lowest BCUT2D eigenvalue weighted by atomic mass is 10.1. The van der Waals surface area contributed by atoms with Gasteiger partial charge in [-0.25, -0.2) is 4.68 Å². The van der Waals surface area contributed by atoms with Gasteiger partial charge in [-0.05, 0) is 50.5 Å². The predicted octanol–water partition coefficient (Wildman–Crippen LogP) is 2.82. The maximum Gasteiger partial charge on any atom is 0.224 e. The summed E-state index contributed by atoms with van der Waals surface area (Å²) in [6.07, 6.45) is 0.990. The smallest absolute Gasteiger partial charge is 0.224 e. The highest BCUT2D eigenvalue weighted by atomic mass is 35.5. The van der Waals surface area contributed by atoms with Crippen molar-refractivity contribution in [1.29, 1.82) is 0 Å². The molecule has 0 saturated heterocycles. The van der Waals surface area contributed by atoms with Gasteiger partial charge in [0.25, 0.3) is 0 Å². The number of aromatic nitrogens is 2. The molecule has 0 radical (unpaired) electrons. The molecule has 1 heterocycles. The van der Waals surface area contributed by atoms with Gasteiger partial charge in [0.05, 0.1) is 17.8 Å². The molecule has 0 bridgehead atoms. The molecule has 1 unspecified atom stereocenters. The van der Waals surface area contributed by atoms with E-state index in [1.807, 2.05) is 49.7 Å². The zero-order valence-corrected chi connectivity index (χ0v) is 15.1. The Morgan fingerprint density at radius 1 is 1.33 bits per heavy atom. The van der Waals surface area contributed by atoms with Gasteiger partial charge in [-0.2, -0.15) is 5.10 Å². The van der Waals surface area contributed by atoms with Crippen LogP contribution in [-0.4, -0.2) is 33.9 Å². The molecular formula is C18H24ClN3O2. The van der Waals surface area contributed by atoms with E-state index in [2.05, 4.69) is 10.4 Å². The van der Waals surface area contributed by atoms with E-state index in [1.165, 1.54) is 0 Å². The van der Waals surface area contributed by atoms with Gasteiger partial charge >= 0.3 is 0 Å². The van der Waals surface area contributed by atoms with Gasteiger partial charge in [-0.15, -0.1) is 0 Å². The van der Waals surface area contributed by atoms with Crippen LogP contribution < -0.4 is 5.32 Å². The second-order valence-corrected chi connectivity index (χ2v) is 6.57. The molecule has 0 aliphatic carbocycles. The van der Waals surface area contributed by atoms with E-state index in [0.717, 1.165) is 22.6 Å². The number of rotatable bonds is 7. The normalized spacial score (nSPS) is 12.2. The fourth-order valence-corrected chi connectivity index (χ4v) is 2.72. The number of aliphatic hydroxyl groups excluding tert-OH is 1. The van der Waals surface area contributed by atoms with Gasteiger partial charge in [0.2, 0.25) is 5.91 Å². The minimum Gasteiger partial charge on any atom is -0.396 e. The Bertz CT molecular complexity index is 695. The lowest BCUT2D eigenvalue weighted by molar-refractivity contribution is -0.120. The Morgan fingerprint density at radius 2 is 2.00 bits per heavy atom. The van der Waals surface area contributed by atoms with E-state index in [1.54, 1.807) is 0 Å². The summed E-state index contributed by atoms with van der Waals surface area (Å²) in [6, 6.07) is 7.45. The van der Waals surface area contributed by atoms with Crippen LogP contribution in [0.2, 0.25) is 5.02 Å². The molecule has 1 atom stereocenters. The molecule has 0 spiro atoms. The maximum absolute atomic E-state index is 12.2. The number of hydrogen-bond acceptors (Lipinski definition) is 3. The third-order valence-corrected chi connectivity index (χ3v) is 4.37. The lowest BCUT2D eigenvalue weighted by Crippen LogP contribution is -2.30. The van der Waals surface area contributed by atoms with E-state index in [9.17, 15) is 4.79 Å². The van der Waals surface area contributed by atoms with Crippen molar-refractivity contribution in [2.24, 2.45) is 5.92 Å². The number of benzene rings is 1. The van der Waals surface area contributed by atoms with Crippen molar-refractivity contribution in [2.45, 2.75) is 33.6 Å². The zero-order chi connectivity index (χ0) is 17.7. The topological polar surface area (TPSA) is 67.2 Å². The minimum atomic E-state index is -0.0263. The van der Waals surface area contributed by atoms with Crippen LogP contribution >= 0.6 is 11.6 Å². The van der Waals surface area contributed by atoms with Crippen LogP contribution in [0.5, 0.6) is 0 Å². The van der Waals surface area contributed by atoms with Crippen molar-refractivity contribution in [3.63, 3.8) is 0 Å². The van der Waals surface area contributed by atoms with Crippen molar-refractivity contribution >= 4 is 17.5 Å². The van der Waals surface area contributed by atoms with Crippen LogP contribution in [-0.2, 0) is 11.2 Å². The molecule has 5 nitrogen and oxygen atoms in total. The summed E-state index contributed by atoms with van der Waals surface area (Å²) in [5.74, 6) is 0.236. The van der Waals surface area contributed by atoms with Crippen molar-refractivity contribution in [2.75, 3.05) is 13.2 Å². The number of amides is 1. The summed E-state index contributed by atoms with van der Waals surface area (Å²) in [5, 5.41) is 17.1. The highest BCUT2D eigenvalue weighted by molar-refractivity contribution is 6.30. The second kappa shape index (κ2) is 8.31. The average Bonchev–Trinajstić information content (AvgIpc) is 2.82. The molecule has 0 aliphatic rings. The third-order valence-electron chi connectivity index (χ3n) is 4.12. The number of halogens is 1. The molecular weight excluding hydrogens is 326 g/mol. The van der Waals surface area contributed by atoms with Crippen molar-refractivity contribution in [3.05, 3.63) is 46.2 Å². The van der Waals surface area contributed by atoms with E-state index >= 15 is 0 Å². The molecule has 24 heavy (non-hydrogen) atoms. The lowest BCUT2D eigenvalue weighted by Gasteiger charge is -2.11. The molecule has 1 amide bonds. The molecule has 0 saturated carbocycles. The first-order valence-electron chi connectivity index (χ1n) is 8.11. The molecule has 130 valence electrons. The van der Waals surface area contributed by atoms with Gasteiger partial charge in [-0.1, -0.05) is 18.5 Å². The standard InChI is InChI=1S/C18H24ClN3O2/c1-12(8-9-23)11-20-18(24)10-17-13(2)21-22(14(17)3)16-6-4-15(19)5-7-16/h4-7,12,23H,8-11H2,1-3H3,(H,20,24). The quantitative estimate of drug-likeness (QED) is 0.807. The summed E-state index contributed by atoms with van der Waals surface area (Å²) in [5.41, 5.74) is 3.66. The van der Waals surface area contributed by atoms with E-state index in [4.69, 9.17) is 16.7 Å². The number of nitrogens with one attached hydrogen (secondary N) is 1. The van der Waals surface area contributed by atoms with Gasteiger partial charge < -0.3 is 10.4 Å².